The smallest absolute Gasteiger partial charge is 0.246 e. The van der Waals surface area contributed by atoms with Crippen LogP contribution in [0.25, 0.3) is 0 Å². The summed E-state index contributed by atoms with van der Waals surface area (Å²) in [5.41, 5.74) is 0. The highest BCUT2D eigenvalue weighted by molar-refractivity contribution is 7.89. The lowest BCUT2D eigenvalue weighted by molar-refractivity contribution is 0.458. The van der Waals surface area contributed by atoms with Gasteiger partial charge in [-0.15, -0.1) is 12.4 Å². The topological polar surface area (TPSA) is 49.4 Å². The highest BCUT2D eigenvalue weighted by Gasteiger charge is 2.33. The second-order valence-electron chi connectivity index (χ2n) is 4.21. The van der Waals surface area contributed by atoms with Crippen LogP contribution in [0.2, 0.25) is 5.02 Å². The van der Waals surface area contributed by atoms with Crippen molar-refractivity contribution in [3.05, 3.63) is 29.0 Å². The van der Waals surface area contributed by atoms with Crippen LogP contribution in [0.3, 0.4) is 0 Å². The highest BCUT2D eigenvalue weighted by atomic mass is 35.5. The molecule has 0 aliphatic carbocycles. The zero-order valence-corrected chi connectivity index (χ0v) is 12.7. The van der Waals surface area contributed by atoms with Crippen LogP contribution in [0.15, 0.2) is 23.1 Å². The van der Waals surface area contributed by atoms with Gasteiger partial charge in [0, 0.05) is 24.2 Å². The van der Waals surface area contributed by atoms with E-state index in [2.05, 4.69) is 5.32 Å². The Bertz CT molecular complexity index is 554. The lowest BCUT2D eigenvalue weighted by atomic mass is 10.3. The van der Waals surface area contributed by atoms with Gasteiger partial charge < -0.3 is 5.32 Å². The number of nitrogens with one attached hydrogen (secondary N) is 1. The van der Waals surface area contributed by atoms with E-state index >= 15 is 0 Å². The average molecular weight is 329 g/mol. The molecule has 0 aromatic heterocycles. The summed E-state index contributed by atoms with van der Waals surface area (Å²) in [7, 11) is -1.99. The molecule has 1 aromatic rings. The molecule has 19 heavy (non-hydrogen) atoms. The van der Waals surface area contributed by atoms with Gasteiger partial charge in [-0.3, -0.25) is 0 Å². The second kappa shape index (κ2) is 6.37. The molecule has 4 nitrogen and oxygen atoms in total. The molecule has 1 aliphatic heterocycles. The summed E-state index contributed by atoms with van der Waals surface area (Å²) in [6, 6.07) is 3.72. The van der Waals surface area contributed by atoms with E-state index in [1.165, 1.54) is 16.4 Å². The maximum absolute atomic E-state index is 13.7. The molecule has 0 spiro atoms. The monoisotopic (exact) mass is 328 g/mol. The van der Waals surface area contributed by atoms with E-state index in [0.717, 1.165) is 12.5 Å². The Labute approximate surface area is 123 Å². The molecular weight excluding hydrogens is 314 g/mol. The molecule has 1 atom stereocenters. The predicted molar refractivity (Wildman–Crippen MR) is 74.9 cm³/mol. The van der Waals surface area contributed by atoms with Crippen LogP contribution in [-0.4, -0.2) is 38.9 Å². The van der Waals surface area contributed by atoms with Gasteiger partial charge in [-0.25, -0.2) is 12.8 Å². The quantitative estimate of drug-likeness (QED) is 0.921. The van der Waals surface area contributed by atoms with Crippen LogP contribution in [0.4, 0.5) is 4.39 Å². The molecule has 1 unspecified atom stereocenters. The third-order valence-electron chi connectivity index (χ3n) is 3.07. The first-order chi connectivity index (χ1) is 8.45. The number of hydrogen-bond donors (Lipinski definition) is 1. The lowest BCUT2D eigenvalue weighted by Gasteiger charge is -2.17. The first-order valence-corrected chi connectivity index (χ1v) is 7.39. The Hall–Kier alpha value is -0.400. The SMILES string of the molecule is CNC1CCN(S(=O)(=O)c2ccc(Cl)cc2F)C1.Cl. The summed E-state index contributed by atoms with van der Waals surface area (Å²) < 4.78 is 39.5. The van der Waals surface area contributed by atoms with Crippen LogP contribution in [0.1, 0.15) is 6.42 Å². The maximum atomic E-state index is 13.7. The first kappa shape index (κ1) is 16.7. The summed E-state index contributed by atoms with van der Waals surface area (Å²) >= 11 is 5.61. The van der Waals surface area contributed by atoms with E-state index in [1.54, 1.807) is 7.05 Å². The van der Waals surface area contributed by atoms with E-state index in [-0.39, 0.29) is 28.4 Å². The fourth-order valence-corrected chi connectivity index (χ4v) is 3.71. The van der Waals surface area contributed by atoms with Crippen LogP contribution in [-0.2, 0) is 10.0 Å². The Morgan fingerprint density at radius 2 is 2.16 bits per heavy atom. The van der Waals surface area contributed by atoms with Gasteiger partial charge in [0.1, 0.15) is 10.7 Å². The Morgan fingerprint density at radius 1 is 1.47 bits per heavy atom. The molecule has 0 bridgehead atoms. The molecule has 1 aliphatic rings. The molecule has 8 heteroatoms. The van der Waals surface area contributed by atoms with E-state index in [0.29, 0.717) is 13.1 Å². The standard InChI is InChI=1S/C11H14ClFN2O2S.ClH/c1-14-9-4-5-15(7-9)18(16,17)11-3-2-8(12)6-10(11)13;/h2-3,6,9,14H,4-5,7H2,1H3;1H. The summed E-state index contributed by atoms with van der Waals surface area (Å²) in [5, 5.41) is 3.20. The third kappa shape index (κ3) is 3.38. The molecule has 2 rings (SSSR count). The number of likely N-dealkylation sites (N-methyl/N-ethyl adjacent to an activating group) is 1. The second-order valence-corrected chi connectivity index (χ2v) is 6.55. The fourth-order valence-electron chi connectivity index (χ4n) is 2.01. The van der Waals surface area contributed by atoms with Crippen molar-refractivity contribution < 1.29 is 12.8 Å². The molecule has 0 radical (unpaired) electrons. The van der Waals surface area contributed by atoms with E-state index in [9.17, 15) is 12.8 Å². The molecule has 1 N–H and O–H groups in total. The predicted octanol–water partition coefficient (Wildman–Crippen LogP) is 1.88. The van der Waals surface area contributed by atoms with Gasteiger partial charge >= 0.3 is 0 Å². The van der Waals surface area contributed by atoms with Crippen LogP contribution in [0, 0.1) is 5.82 Å². The maximum Gasteiger partial charge on any atom is 0.246 e. The van der Waals surface area contributed by atoms with E-state index in [1.807, 2.05) is 0 Å². The molecular formula is C11H15Cl2FN2O2S. The van der Waals surface area contributed by atoms with Crippen molar-refractivity contribution in [3.63, 3.8) is 0 Å². The highest BCUT2D eigenvalue weighted by Crippen LogP contribution is 2.25. The number of sulfonamides is 1. The average Bonchev–Trinajstić information content (AvgIpc) is 2.77. The van der Waals surface area contributed by atoms with Crippen molar-refractivity contribution in [1.29, 1.82) is 0 Å². The normalized spacial score (nSPS) is 20.3. The van der Waals surface area contributed by atoms with E-state index in [4.69, 9.17) is 11.6 Å². The minimum absolute atomic E-state index is 0. The van der Waals surface area contributed by atoms with Gasteiger partial charge in [-0.2, -0.15) is 4.31 Å². The first-order valence-electron chi connectivity index (χ1n) is 5.57. The van der Waals surface area contributed by atoms with Crippen LogP contribution >= 0.6 is 24.0 Å². The Kier molecular flexibility index (Phi) is 5.58. The van der Waals surface area contributed by atoms with Gasteiger partial charge in [0.2, 0.25) is 10.0 Å². The van der Waals surface area contributed by atoms with Crippen molar-refractivity contribution in [1.82, 2.24) is 9.62 Å². The Morgan fingerprint density at radius 3 is 2.68 bits per heavy atom. The van der Waals surface area contributed by atoms with Gasteiger partial charge in [-0.1, -0.05) is 11.6 Å². The number of nitrogens with zero attached hydrogens (tertiary/aromatic N) is 1. The van der Waals surface area contributed by atoms with Crippen LogP contribution in [0.5, 0.6) is 0 Å². The zero-order chi connectivity index (χ0) is 13.3. The number of rotatable bonds is 3. The number of hydrogen-bond acceptors (Lipinski definition) is 3. The summed E-state index contributed by atoms with van der Waals surface area (Å²) in [5.74, 6) is -0.810. The fraction of sp³-hybridized carbons (Fsp3) is 0.455. The largest absolute Gasteiger partial charge is 0.316 e. The molecule has 1 fully saturated rings. The summed E-state index contributed by atoms with van der Waals surface area (Å²) in [4.78, 5) is -0.316. The van der Waals surface area contributed by atoms with Crippen LogP contribution < -0.4 is 5.32 Å². The molecule has 1 saturated heterocycles. The minimum atomic E-state index is -3.77. The van der Waals surface area contributed by atoms with Gasteiger partial charge in [-0.05, 0) is 31.7 Å². The van der Waals surface area contributed by atoms with Gasteiger partial charge in [0.25, 0.3) is 0 Å². The van der Waals surface area contributed by atoms with Crippen molar-refractivity contribution >= 4 is 34.0 Å². The molecule has 0 saturated carbocycles. The van der Waals surface area contributed by atoms with Crippen molar-refractivity contribution in [2.75, 3.05) is 20.1 Å². The summed E-state index contributed by atoms with van der Waals surface area (Å²) in [6.07, 6.45) is 0.727. The zero-order valence-electron chi connectivity index (χ0n) is 10.3. The summed E-state index contributed by atoms with van der Waals surface area (Å²) in [6.45, 7) is 0.761. The van der Waals surface area contributed by atoms with E-state index < -0.39 is 15.8 Å². The van der Waals surface area contributed by atoms with Gasteiger partial charge in [0.05, 0.1) is 0 Å². The molecule has 108 valence electrons. The van der Waals surface area contributed by atoms with Crippen molar-refractivity contribution in [2.24, 2.45) is 0 Å². The molecule has 1 aromatic carbocycles. The van der Waals surface area contributed by atoms with Gasteiger partial charge in [0.15, 0.2) is 0 Å². The minimum Gasteiger partial charge on any atom is -0.316 e. The Balaban J connectivity index is 0.00000180. The molecule has 0 amide bonds. The number of benzene rings is 1. The molecule has 1 heterocycles. The number of halogens is 3. The van der Waals surface area contributed by atoms with Crippen molar-refractivity contribution in [2.45, 2.75) is 17.4 Å². The lowest BCUT2D eigenvalue weighted by Crippen LogP contribution is -2.33. The van der Waals surface area contributed by atoms with Crippen molar-refractivity contribution in [3.8, 4) is 0 Å². The third-order valence-corrected chi connectivity index (χ3v) is 5.20.